The van der Waals surface area contributed by atoms with E-state index in [2.05, 4.69) is 28.6 Å². The third kappa shape index (κ3) is 3.85. The average Bonchev–Trinajstić information content (AvgIpc) is 3.19. The number of benzene rings is 1. The van der Waals surface area contributed by atoms with Crippen molar-refractivity contribution in [1.29, 1.82) is 0 Å². The molecule has 0 radical (unpaired) electrons. The van der Waals surface area contributed by atoms with E-state index in [9.17, 15) is 0 Å². The van der Waals surface area contributed by atoms with Crippen LogP contribution in [-0.4, -0.2) is 32.3 Å². The summed E-state index contributed by atoms with van der Waals surface area (Å²) in [5.41, 5.74) is 2.12. The largest absolute Gasteiger partial charge is 0.459 e. The Kier molecular flexibility index (Phi) is 5.18. The number of guanidine groups is 1. The first-order valence-corrected chi connectivity index (χ1v) is 8.31. The molecule has 1 aliphatic rings. The molecule has 0 aliphatic carbocycles. The summed E-state index contributed by atoms with van der Waals surface area (Å²) in [5, 5.41) is 7.83. The zero-order chi connectivity index (χ0) is 16.1. The van der Waals surface area contributed by atoms with Gasteiger partial charge in [0, 0.05) is 31.1 Å². The van der Waals surface area contributed by atoms with E-state index in [1.165, 1.54) is 23.8 Å². The Morgan fingerprint density at radius 3 is 2.91 bits per heavy atom. The first-order chi connectivity index (χ1) is 11.3. The van der Waals surface area contributed by atoms with E-state index >= 15 is 0 Å². The fourth-order valence-electron chi connectivity index (χ4n) is 3.00. The molecule has 0 spiro atoms. The van der Waals surface area contributed by atoms with Crippen LogP contribution in [0, 0.1) is 6.92 Å². The van der Waals surface area contributed by atoms with Crippen molar-refractivity contribution in [2.75, 3.05) is 20.2 Å². The average molecular weight is 315 g/mol. The first-order valence-electron chi connectivity index (χ1n) is 8.31. The summed E-state index contributed by atoms with van der Waals surface area (Å²) in [6, 6.07) is 8.12. The van der Waals surface area contributed by atoms with E-state index in [1.807, 2.05) is 18.2 Å². The number of hydrogen-bond acceptors (Lipinski definition) is 3. The molecule has 2 N–H and O–H groups in total. The van der Waals surface area contributed by atoms with Gasteiger partial charge in [0.05, 0.1) is 12.6 Å². The molecular weight excluding hydrogens is 290 g/mol. The summed E-state index contributed by atoms with van der Waals surface area (Å²) in [5.74, 6) is 1.75. The van der Waals surface area contributed by atoms with Gasteiger partial charge in [-0.1, -0.05) is 18.2 Å². The van der Waals surface area contributed by atoms with Crippen molar-refractivity contribution >= 4 is 16.9 Å². The van der Waals surface area contributed by atoms with Gasteiger partial charge in [0.15, 0.2) is 5.96 Å². The number of rotatable bonds is 5. The molecule has 1 atom stereocenters. The summed E-state index contributed by atoms with van der Waals surface area (Å²) in [4.78, 5) is 4.26. The van der Waals surface area contributed by atoms with Crippen molar-refractivity contribution in [3.05, 3.63) is 35.6 Å². The molecule has 0 saturated carbocycles. The van der Waals surface area contributed by atoms with Crippen molar-refractivity contribution in [2.45, 2.75) is 38.8 Å². The van der Waals surface area contributed by atoms with E-state index in [0.717, 1.165) is 36.9 Å². The van der Waals surface area contributed by atoms with Crippen molar-refractivity contribution in [3.8, 4) is 0 Å². The molecule has 23 heavy (non-hydrogen) atoms. The number of nitrogens with zero attached hydrogens (tertiary/aromatic N) is 1. The maximum Gasteiger partial charge on any atom is 0.191 e. The summed E-state index contributed by atoms with van der Waals surface area (Å²) in [6.45, 7) is 4.49. The molecule has 5 nitrogen and oxygen atoms in total. The summed E-state index contributed by atoms with van der Waals surface area (Å²) in [6.07, 6.45) is 3.78. The minimum absolute atomic E-state index is 0.401. The van der Waals surface area contributed by atoms with Crippen LogP contribution in [0.4, 0.5) is 0 Å². The maximum absolute atomic E-state index is 5.91. The smallest absolute Gasteiger partial charge is 0.191 e. The molecule has 124 valence electrons. The summed E-state index contributed by atoms with van der Waals surface area (Å²) in [7, 11) is 1.78. The Hall–Kier alpha value is -2.01. The quantitative estimate of drug-likeness (QED) is 0.658. The lowest BCUT2D eigenvalue weighted by Crippen LogP contribution is -2.38. The highest BCUT2D eigenvalue weighted by atomic mass is 16.5. The van der Waals surface area contributed by atoms with Crippen molar-refractivity contribution in [3.63, 3.8) is 0 Å². The first kappa shape index (κ1) is 15.9. The number of furan rings is 1. The Labute approximate surface area is 137 Å². The van der Waals surface area contributed by atoms with Crippen molar-refractivity contribution in [1.82, 2.24) is 10.6 Å². The number of hydrogen-bond donors (Lipinski definition) is 2. The molecule has 2 heterocycles. The second-order valence-electron chi connectivity index (χ2n) is 5.92. The van der Waals surface area contributed by atoms with E-state index in [1.54, 1.807) is 7.05 Å². The minimum atomic E-state index is 0.401. The SMILES string of the molecule is CN=C(NCCC1CCCO1)NCc1oc2ccccc2c1C. The molecule has 1 aliphatic heterocycles. The van der Waals surface area contributed by atoms with E-state index in [-0.39, 0.29) is 0 Å². The van der Waals surface area contributed by atoms with Gasteiger partial charge in [0.1, 0.15) is 11.3 Å². The lowest BCUT2D eigenvalue weighted by Gasteiger charge is -2.13. The van der Waals surface area contributed by atoms with E-state index < -0.39 is 0 Å². The predicted molar refractivity (Wildman–Crippen MR) is 92.7 cm³/mol. The highest BCUT2D eigenvalue weighted by molar-refractivity contribution is 5.82. The summed E-state index contributed by atoms with van der Waals surface area (Å²) < 4.78 is 11.5. The Morgan fingerprint density at radius 2 is 2.17 bits per heavy atom. The van der Waals surface area contributed by atoms with Gasteiger partial charge in [-0.05, 0) is 32.3 Å². The molecule has 0 amide bonds. The van der Waals surface area contributed by atoms with Crippen LogP contribution in [0.1, 0.15) is 30.6 Å². The third-order valence-corrected chi connectivity index (χ3v) is 4.37. The number of aliphatic imine (C=N–C) groups is 1. The molecule has 5 heteroatoms. The molecule has 1 fully saturated rings. The van der Waals surface area contributed by atoms with Crippen molar-refractivity contribution < 1.29 is 9.15 Å². The molecule has 1 aromatic carbocycles. The fraction of sp³-hybridized carbons (Fsp3) is 0.500. The van der Waals surface area contributed by atoms with Crippen LogP contribution in [0.15, 0.2) is 33.7 Å². The maximum atomic E-state index is 5.91. The van der Waals surface area contributed by atoms with Gasteiger partial charge in [-0.25, -0.2) is 0 Å². The summed E-state index contributed by atoms with van der Waals surface area (Å²) >= 11 is 0. The number of para-hydroxylation sites is 1. The number of fused-ring (bicyclic) bond motifs is 1. The lowest BCUT2D eigenvalue weighted by atomic mass is 10.1. The predicted octanol–water partition coefficient (Wildman–Crippen LogP) is 2.98. The minimum Gasteiger partial charge on any atom is -0.459 e. The van der Waals surface area contributed by atoms with E-state index in [4.69, 9.17) is 9.15 Å². The van der Waals surface area contributed by atoms with Gasteiger partial charge in [-0.2, -0.15) is 0 Å². The number of ether oxygens (including phenoxy) is 1. The lowest BCUT2D eigenvalue weighted by molar-refractivity contribution is 0.105. The van der Waals surface area contributed by atoms with Crippen LogP contribution in [-0.2, 0) is 11.3 Å². The Morgan fingerprint density at radius 1 is 1.30 bits per heavy atom. The van der Waals surface area contributed by atoms with Gasteiger partial charge in [0.25, 0.3) is 0 Å². The molecule has 2 aromatic rings. The van der Waals surface area contributed by atoms with Crippen LogP contribution in [0.25, 0.3) is 11.0 Å². The normalized spacial score (nSPS) is 18.5. The third-order valence-electron chi connectivity index (χ3n) is 4.37. The van der Waals surface area contributed by atoms with Crippen LogP contribution in [0.3, 0.4) is 0 Å². The second kappa shape index (κ2) is 7.51. The monoisotopic (exact) mass is 315 g/mol. The molecule has 1 saturated heterocycles. The van der Waals surface area contributed by atoms with Gasteiger partial charge in [-0.15, -0.1) is 0 Å². The van der Waals surface area contributed by atoms with Crippen LogP contribution in [0.2, 0.25) is 0 Å². The second-order valence-corrected chi connectivity index (χ2v) is 5.92. The molecule has 0 bridgehead atoms. The zero-order valence-corrected chi connectivity index (χ0v) is 13.9. The Balaban J connectivity index is 1.51. The van der Waals surface area contributed by atoms with Gasteiger partial charge in [0.2, 0.25) is 0 Å². The zero-order valence-electron chi connectivity index (χ0n) is 13.9. The molecule has 3 rings (SSSR count). The van der Waals surface area contributed by atoms with Gasteiger partial charge in [-0.3, -0.25) is 4.99 Å². The van der Waals surface area contributed by atoms with Crippen LogP contribution < -0.4 is 10.6 Å². The fourth-order valence-corrected chi connectivity index (χ4v) is 3.00. The van der Waals surface area contributed by atoms with Gasteiger partial charge < -0.3 is 19.8 Å². The highest BCUT2D eigenvalue weighted by Crippen LogP contribution is 2.24. The number of aryl methyl sites for hydroxylation is 1. The van der Waals surface area contributed by atoms with Crippen LogP contribution >= 0.6 is 0 Å². The standard InChI is InChI=1S/C18H25N3O2/c1-13-15-7-3-4-8-16(15)23-17(13)12-21-18(19-2)20-10-9-14-6-5-11-22-14/h3-4,7-8,14H,5-6,9-12H2,1-2H3,(H2,19,20,21). The van der Waals surface area contributed by atoms with Crippen LogP contribution in [0.5, 0.6) is 0 Å². The molecule has 1 aromatic heterocycles. The highest BCUT2D eigenvalue weighted by Gasteiger charge is 2.15. The molecular formula is C18H25N3O2. The van der Waals surface area contributed by atoms with Gasteiger partial charge >= 0.3 is 0 Å². The molecule has 1 unspecified atom stereocenters. The number of nitrogens with one attached hydrogen (secondary N) is 2. The van der Waals surface area contributed by atoms with E-state index in [0.29, 0.717) is 12.6 Å². The topological polar surface area (TPSA) is 58.8 Å². The van der Waals surface area contributed by atoms with Crippen molar-refractivity contribution in [2.24, 2.45) is 4.99 Å². The Bertz CT molecular complexity index is 672.